The number of aromatic nitrogens is 1. The minimum atomic E-state index is -0.691. The van der Waals surface area contributed by atoms with Crippen molar-refractivity contribution in [2.75, 3.05) is 7.11 Å². The molecule has 0 saturated carbocycles. The van der Waals surface area contributed by atoms with Crippen LogP contribution in [0.1, 0.15) is 20.7 Å². The van der Waals surface area contributed by atoms with E-state index in [0.29, 0.717) is 10.9 Å². The number of carbonyl (C=O) groups excluding carboxylic acids is 2. The molecule has 0 atom stereocenters. The van der Waals surface area contributed by atoms with E-state index in [1.54, 1.807) is 12.1 Å². The summed E-state index contributed by atoms with van der Waals surface area (Å²) in [6.07, 6.45) is 1.53. The first-order valence-corrected chi connectivity index (χ1v) is 7.50. The highest BCUT2D eigenvalue weighted by Gasteiger charge is 2.19. The van der Waals surface area contributed by atoms with E-state index in [2.05, 4.69) is 15.8 Å². The van der Waals surface area contributed by atoms with Gasteiger partial charge < -0.3 is 9.72 Å². The Morgan fingerprint density at radius 3 is 2.58 bits per heavy atom. The zero-order valence-electron chi connectivity index (χ0n) is 13.6. The molecule has 0 bridgehead atoms. The van der Waals surface area contributed by atoms with Crippen LogP contribution in [0.3, 0.4) is 0 Å². The van der Waals surface area contributed by atoms with Gasteiger partial charge in [-0.3, -0.25) is 30.6 Å². The van der Waals surface area contributed by atoms with Crippen LogP contribution in [0.4, 0.5) is 5.69 Å². The van der Waals surface area contributed by atoms with Gasteiger partial charge in [0.2, 0.25) is 0 Å². The topological polar surface area (TPSA) is 126 Å². The van der Waals surface area contributed by atoms with Gasteiger partial charge in [-0.05, 0) is 18.2 Å². The quantitative estimate of drug-likeness (QED) is 0.489. The molecule has 0 saturated heterocycles. The summed E-state index contributed by atoms with van der Waals surface area (Å²) in [6, 6.07) is 11.0. The van der Waals surface area contributed by atoms with Crippen LogP contribution in [0.5, 0.6) is 5.75 Å². The molecule has 0 spiro atoms. The van der Waals surface area contributed by atoms with Crippen molar-refractivity contribution >= 4 is 28.4 Å². The highest BCUT2D eigenvalue weighted by Crippen LogP contribution is 2.27. The van der Waals surface area contributed by atoms with Crippen molar-refractivity contribution in [2.45, 2.75) is 0 Å². The number of carbonyl (C=O) groups is 2. The number of para-hydroxylation sites is 1. The largest absolute Gasteiger partial charge is 0.490 e. The minimum Gasteiger partial charge on any atom is -0.490 e. The van der Waals surface area contributed by atoms with Gasteiger partial charge in [-0.25, -0.2) is 0 Å². The molecule has 1 heterocycles. The van der Waals surface area contributed by atoms with Crippen molar-refractivity contribution < 1.29 is 19.2 Å². The van der Waals surface area contributed by atoms with E-state index in [4.69, 9.17) is 4.74 Å². The normalized spacial score (nSPS) is 10.3. The van der Waals surface area contributed by atoms with Crippen molar-refractivity contribution in [3.8, 4) is 5.75 Å². The maximum Gasteiger partial charge on any atom is 0.311 e. The number of nitro benzene ring substituents is 1. The number of fused-ring (bicyclic) bond motifs is 1. The summed E-state index contributed by atoms with van der Waals surface area (Å²) >= 11 is 0. The van der Waals surface area contributed by atoms with Gasteiger partial charge in [-0.2, -0.15) is 0 Å². The fraction of sp³-hybridized carbons (Fsp3) is 0.0588. The third-order valence-electron chi connectivity index (χ3n) is 3.76. The number of hydrazine groups is 1. The van der Waals surface area contributed by atoms with Crippen LogP contribution < -0.4 is 15.6 Å². The average molecular weight is 354 g/mol. The SMILES string of the molecule is COc1ccc(C(=O)NNC(=O)c2c[nH]c3ccccc23)cc1[N+](=O)[O-]. The van der Waals surface area contributed by atoms with Gasteiger partial charge >= 0.3 is 5.69 Å². The number of ether oxygens (including phenoxy) is 1. The molecule has 3 N–H and O–H groups in total. The van der Waals surface area contributed by atoms with Crippen molar-refractivity contribution in [1.82, 2.24) is 15.8 Å². The zero-order valence-corrected chi connectivity index (χ0v) is 13.6. The maximum absolute atomic E-state index is 12.3. The fourth-order valence-corrected chi connectivity index (χ4v) is 2.49. The van der Waals surface area contributed by atoms with E-state index < -0.39 is 16.7 Å². The van der Waals surface area contributed by atoms with Gasteiger partial charge in [0.15, 0.2) is 5.75 Å². The lowest BCUT2D eigenvalue weighted by atomic mass is 10.1. The zero-order chi connectivity index (χ0) is 18.7. The molecule has 26 heavy (non-hydrogen) atoms. The predicted molar refractivity (Wildman–Crippen MR) is 92.9 cm³/mol. The number of aromatic amines is 1. The van der Waals surface area contributed by atoms with Gasteiger partial charge in [-0.15, -0.1) is 0 Å². The third-order valence-corrected chi connectivity index (χ3v) is 3.76. The average Bonchev–Trinajstić information content (AvgIpc) is 3.09. The molecule has 0 unspecified atom stereocenters. The molecule has 3 rings (SSSR count). The summed E-state index contributed by atoms with van der Waals surface area (Å²) in [6.45, 7) is 0. The molecule has 0 aliphatic heterocycles. The molecule has 0 fully saturated rings. The Balaban J connectivity index is 1.73. The smallest absolute Gasteiger partial charge is 0.311 e. The Kier molecular flexibility index (Phi) is 4.52. The number of H-pyrrole nitrogens is 1. The molecule has 0 aliphatic carbocycles. The standard InChI is InChI=1S/C17H14N4O5/c1-26-15-7-6-10(8-14(15)21(24)25)16(22)19-20-17(23)12-9-18-13-5-3-2-4-11(12)13/h2-9,18H,1H3,(H,19,22)(H,20,23). The Labute approximate surface area is 147 Å². The first-order valence-electron chi connectivity index (χ1n) is 7.50. The molecular weight excluding hydrogens is 340 g/mol. The summed E-state index contributed by atoms with van der Waals surface area (Å²) in [5, 5.41) is 11.7. The van der Waals surface area contributed by atoms with E-state index >= 15 is 0 Å². The van der Waals surface area contributed by atoms with Crippen LogP contribution >= 0.6 is 0 Å². The van der Waals surface area contributed by atoms with Crippen molar-refractivity contribution in [3.63, 3.8) is 0 Å². The van der Waals surface area contributed by atoms with Crippen LogP contribution in [0.2, 0.25) is 0 Å². The molecule has 3 aromatic rings. The molecule has 132 valence electrons. The number of methoxy groups -OCH3 is 1. The Hall–Kier alpha value is -3.88. The summed E-state index contributed by atoms with van der Waals surface area (Å²) in [4.78, 5) is 37.7. The molecule has 9 heteroatoms. The van der Waals surface area contributed by atoms with E-state index in [-0.39, 0.29) is 17.0 Å². The monoisotopic (exact) mass is 354 g/mol. The van der Waals surface area contributed by atoms with Crippen molar-refractivity contribution in [2.24, 2.45) is 0 Å². The van der Waals surface area contributed by atoms with Gasteiger partial charge in [0.25, 0.3) is 11.8 Å². The Morgan fingerprint density at radius 1 is 1.12 bits per heavy atom. The highest BCUT2D eigenvalue weighted by atomic mass is 16.6. The van der Waals surface area contributed by atoms with Crippen molar-refractivity contribution in [3.05, 3.63) is 69.9 Å². The number of hydrogen-bond acceptors (Lipinski definition) is 5. The Bertz CT molecular complexity index is 1010. The first kappa shape index (κ1) is 17.0. The van der Waals surface area contributed by atoms with Gasteiger partial charge in [0.1, 0.15) is 0 Å². The van der Waals surface area contributed by atoms with Crippen molar-refractivity contribution in [1.29, 1.82) is 0 Å². The second kappa shape index (κ2) is 6.93. The second-order valence-corrected chi connectivity index (χ2v) is 5.30. The van der Waals surface area contributed by atoms with Crippen LogP contribution in [0.25, 0.3) is 10.9 Å². The second-order valence-electron chi connectivity index (χ2n) is 5.30. The molecule has 2 aromatic carbocycles. The Morgan fingerprint density at radius 2 is 1.85 bits per heavy atom. The first-order chi connectivity index (χ1) is 12.5. The van der Waals surface area contributed by atoms with Gasteiger partial charge in [0.05, 0.1) is 17.6 Å². The fourth-order valence-electron chi connectivity index (χ4n) is 2.49. The van der Waals surface area contributed by atoms with E-state index in [1.807, 2.05) is 12.1 Å². The molecule has 2 amide bonds. The number of nitrogens with one attached hydrogen (secondary N) is 3. The number of benzene rings is 2. The molecule has 9 nitrogen and oxygen atoms in total. The van der Waals surface area contributed by atoms with Crippen LogP contribution in [0.15, 0.2) is 48.7 Å². The summed E-state index contributed by atoms with van der Waals surface area (Å²) in [5.41, 5.74) is 5.35. The van der Waals surface area contributed by atoms with Crippen LogP contribution in [-0.4, -0.2) is 28.8 Å². The highest BCUT2D eigenvalue weighted by molar-refractivity contribution is 6.07. The molecular formula is C17H14N4O5. The lowest BCUT2D eigenvalue weighted by molar-refractivity contribution is -0.385. The number of rotatable bonds is 4. The van der Waals surface area contributed by atoms with Gasteiger partial charge in [0, 0.05) is 28.7 Å². The van der Waals surface area contributed by atoms with Crippen LogP contribution in [-0.2, 0) is 0 Å². The summed E-state index contributed by atoms with van der Waals surface area (Å²) in [5.74, 6) is -1.17. The molecule has 0 radical (unpaired) electrons. The van der Waals surface area contributed by atoms with Gasteiger partial charge in [-0.1, -0.05) is 18.2 Å². The van der Waals surface area contributed by atoms with E-state index in [1.165, 1.54) is 25.4 Å². The lowest BCUT2D eigenvalue weighted by Crippen LogP contribution is -2.41. The minimum absolute atomic E-state index is 0.0109. The molecule has 1 aromatic heterocycles. The summed E-state index contributed by atoms with van der Waals surface area (Å²) in [7, 11) is 1.30. The number of amides is 2. The molecule has 0 aliphatic rings. The number of nitrogens with zero attached hydrogens (tertiary/aromatic N) is 1. The van der Waals surface area contributed by atoms with E-state index in [9.17, 15) is 19.7 Å². The third kappa shape index (κ3) is 3.18. The maximum atomic E-state index is 12.3. The van der Waals surface area contributed by atoms with Crippen LogP contribution in [0, 0.1) is 10.1 Å². The lowest BCUT2D eigenvalue weighted by Gasteiger charge is -2.08. The van der Waals surface area contributed by atoms with E-state index in [0.717, 1.165) is 11.6 Å². The predicted octanol–water partition coefficient (Wildman–Crippen LogP) is 2.16. The number of nitro groups is 1. The number of hydrogen-bond donors (Lipinski definition) is 3. The summed E-state index contributed by atoms with van der Waals surface area (Å²) < 4.78 is 4.88.